The van der Waals surface area contributed by atoms with Gasteiger partial charge in [0, 0.05) is 0 Å². The third kappa shape index (κ3) is 4.24. The fourth-order valence-corrected chi connectivity index (χ4v) is 2.85. The van der Waals surface area contributed by atoms with Crippen LogP contribution in [-0.4, -0.2) is 43.5 Å². The molecule has 2 aliphatic rings. The zero-order chi connectivity index (χ0) is 12.7. The van der Waals surface area contributed by atoms with Crippen molar-refractivity contribution in [2.45, 2.75) is 37.7 Å². The average Bonchev–Trinajstić information content (AvgIpc) is 2.86. The molecule has 0 unspecified atom stereocenters. The lowest BCUT2D eigenvalue weighted by molar-refractivity contribution is 0.332. The van der Waals surface area contributed by atoms with E-state index in [1.807, 2.05) is 0 Å². The summed E-state index contributed by atoms with van der Waals surface area (Å²) in [6.45, 7) is 3.26. The maximum atomic E-state index is 10.2. The first-order valence-corrected chi connectivity index (χ1v) is 7.81. The lowest BCUT2D eigenvalue weighted by atomic mass is 10.6. The maximum absolute atomic E-state index is 10.2. The molecule has 8 nitrogen and oxygen atoms in total. The minimum Gasteiger partial charge on any atom is -0.356 e. The predicted molar refractivity (Wildman–Crippen MR) is 52.8 cm³/mol. The number of epoxide rings is 2. The standard InChI is InChI=1S/2C3H7O4P/c2*1-2-3(7-2)8(4,5)6/h2*2-3H,1H3,(H2,4,5,6)/t2*2-,3-/m10/s1. The third-order valence-corrected chi connectivity index (χ3v) is 4.43. The van der Waals surface area contributed by atoms with Crippen molar-refractivity contribution in [2.24, 2.45) is 0 Å². The van der Waals surface area contributed by atoms with Gasteiger partial charge in [-0.05, 0) is 13.8 Å². The van der Waals surface area contributed by atoms with Gasteiger partial charge in [0.1, 0.15) is 0 Å². The van der Waals surface area contributed by atoms with Gasteiger partial charge in [0.25, 0.3) is 0 Å². The monoisotopic (exact) mass is 276 g/mol. The summed E-state index contributed by atoms with van der Waals surface area (Å²) in [6, 6.07) is 0. The van der Waals surface area contributed by atoms with Gasteiger partial charge in [-0.25, -0.2) is 0 Å². The molecule has 0 aliphatic carbocycles. The number of rotatable bonds is 2. The first-order valence-electron chi connectivity index (χ1n) is 4.45. The van der Waals surface area contributed by atoms with Crippen LogP contribution in [0.1, 0.15) is 13.8 Å². The van der Waals surface area contributed by atoms with Crippen LogP contribution in [-0.2, 0) is 18.6 Å². The number of hydrogen-bond acceptors (Lipinski definition) is 4. The Hall–Kier alpha value is 0.220. The molecule has 2 fully saturated rings. The lowest BCUT2D eigenvalue weighted by Crippen LogP contribution is -1.89. The van der Waals surface area contributed by atoms with Crippen LogP contribution >= 0.6 is 15.2 Å². The Bertz CT molecular complexity index is 310. The second-order valence-electron chi connectivity index (χ2n) is 3.64. The Balaban J connectivity index is 0.000000160. The van der Waals surface area contributed by atoms with E-state index in [1.54, 1.807) is 13.8 Å². The minimum absolute atomic E-state index is 0.254. The summed E-state index contributed by atoms with van der Waals surface area (Å²) in [5, 5.41) is 0. The summed E-state index contributed by atoms with van der Waals surface area (Å²) < 4.78 is 29.4. The van der Waals surface area contributed by atoms with Crippen molar-refractivity contribution in [3.05, 3.63) is 0 Å². The molecule has 0 saturated carbocycles. The van der Waals surface area contributed by atoms with E-state index in [4.69, 9.17) is 19.6 Å². The van der Waals surface area contributed by atoms with Crippen molar-refractivity contribution >= 4 is 15.2 Å². The predicted octanol–water partition coefficient (Wildman–Crippen LogP) is -0.182. The molecule has 96 valence electrons. The Kier molecular flexibility index (Phi) is 4.00. The molecule has 2 rings (SSSR count). The zero-order valence-corrected chi connectivity index (χ0v) is 10.4. The second kappa shape index (κ2) is 4.48. The van der Waals surface area contributed by atoms with Crippen LogP contribution < -0.4 is 0 Å². The smallest absolute Gasteiger partial charge is 0.356 e. The van der Waals surface area contributed by atoms with E-state index < -0.39 is 26.9 Å². The van der Waals surface area contributed by atoms with Gasteiger partial charge in [-0.2, -0.15) is 0 Å². The van der Waals surface area contributed by atoms with Gasteiger partial charge < -0.3 is 29.0 Å². The van der Waals surface area contributed by atoms with Gasteiger partial charge >= 0.3 is 15.2 Å². The Labute approximate surface area is 91.9 Å². The number of hydrogen-bond donors (Lipinski definition) is 4. The van der Waals surface area contributed by atoms with Crippen LogP contribution in [0.2, 0.25) is 0 Å². The lowest BCUT2D eigenvalue weighted by Gasteiger charge is -1.93. The van der Waals surface area contributed by atoms with Crippen molar-refractivity contribution in [3.63, 3.8) is 0 Å². The molecule has 4 atom stereocenters. The second-order valence-corrected chi connectivity index (χ2v) is 7.02. The summed E-state index contributed by atoms with van der Waals surface area (Å²) in [4.78, 5) is 33.3. The Morgan fingerprint density at radius 2 is 1.00 bits per heavy atom. The van der Waals surface area contributed by atoms with Crippen LogP contribution in [0, 0.1) is 0 Å². The zero-order valence-electron chi connectivity index (χ0n) is 8.63. The number of ether oxygens (including phenoxy) is 2. The summed E-state index contributed by atoms with van der Waals surface area (Å²) >= 11 is 0. The maximum Gasteiger partial charge on any atom is 0.356 e. The quantitative estimate of drug-likeness (QED) is 0.402. The van der Waals surface area contributed by atoms with Gasteiger partial charge in [0.15, 0.2) is 11.7 Å². The van der Waals surface area contributed by atoms with Crippen LogP contribution in [0.5, 0.6) is 0 Å². The molecule has 4 N–H and O–H groups in total. The molecule has 2 saturated heterocycles. The van der Waals surface area contributed by atoms with Gasteiger partial charge in [-0.3, -0.25) is 9.13 Å². The summed E-state index contributed by atoms with van der Waals surface area (Å²) in [5.41, 5.74) is 0. The molecule has 0 amide bonds. The van der Waals surface area contributed by atoms with Gasteiger partial charge in [0.2, 0.25) is 0 Å². The first kappa shape index (κ1) is 14.3. The van der Waals surface area contributed by atoms with Crippen molar-refractivity contribution < 1.29 is 38.2 Å². The van der Waals surface area contributed by atoms with E-state index in [2.05, 4.69) is 9.47 Å². The normalized spacial score (nSPS) is 37.4. The molecule has 0 aromatic carbocycles. The van der Waals surface area contributed by atoms with E-state index in [0.717, 1.165) is 0 Å². The topological polar surface area (TPSA) is 140 Å². The fraction of sp³-hybridized carbons (Fsp3) is 1.00. The van der Waals surface area contributed by atoms with Gasteiger partial charge in [-0.1, -0.05) is 0 Å². The fourth-order valence-electron chi connectivity index (χ4n) is 1.05. The molecule has 10 heteroatoms. The Morgan fingerprint density at radius 3 is 1.00 bits per heavy atom. The molecule has 0 aromatic heterocycles. The van der Waals surface area contributed by atoms with Crippen LogP contribution in [0.4, 0.5) is 0 Å². The molecule has 16 heavy (non-hydrogen) atoms. The highest BCUT2D eigenvalue weighted by atomic mass is 31.2. The molecule has 0 radical (unpaired) electrons. The average molecular weight is 276 g/mol. The van der Waals surface area contributed by atoms with E-state index in [0.29, 0.717) is 0 Å². The highest BCUT2D eigenvalue weighted by molar-refractivity contribution is 7.53. The van der Waals surface area contributed by atoms with Crippen molar-refractivity contribution in [1.82, 2.24) is 0 Å². The van der Waals surface area contributed by atoms with Crippen molar-refractivity contribution in [1.29, 1.82) is 0 Å². The van der Waals surface area contributed by atoms with Crippen LogP contribution in [0.25, 0.3) is 0 Å². The largest absolute Gasteiger partial charge is 0.356 e. The van der Waals surface area contributed by atoms with E-state index >= 15 is 0 Å². The van der Waals surface area contributed by atoms with Crippen LogP contribution in [0.15, 0.2) is 0 Å². The highest BCUT2D eigenvalue weighted by Crippen LogP contribution is 2.53. The van der Waals surface area contributed by atoms with Crippen molar-refractivity contribution in [3.8, 4) is 0 Å². The molecule has 2 aliphatic heterocycles. The summed E-state index contributed by atoms with van der Waals surface area (Å²) in [6.07, 6.45) is -0.508. The third-order valence-electron chi connectivity index (χ3n) is 2.02. The molecule has 2 heterocycles. The van der Waals surface area contributed by atoms with Gasteiger partial charge in [-0.15, -0.1) is 0 Å². The van der Waals surface area contributed by atoms with E-state index in [1.165, 1.54) is 0 Å². The Morgan fingerprint density at radius 1 is 0.812 bits per heavy atom. The van der Waals surface area contributed by atoms with E-state index in [9.17, 15) is 9.13 Å². The first-order chi connectivity index (χ1) is 7.03. The van der Waals surface area contributed by atoms with Gasteiger partial charge in [0.05, 0.1) is 12.2 Å². The SMILES string of the molecule is C[C@@H]1O[C@H]1P(=O)(O)O.C[C@H]1O[C@@H]1P(=O)(O)O. The molecule has 0 aromatic rings. The van der Waals surface area contributed by atoms with Crippen LogP contribution in [0.3, 0.4) is 0 Å². The highest BCUT2D eigenvalue weighted by Gasteiger charge is 2.49. The van der Waals surface area contributed by atoms with Crippen molar-refractivity contribution in [2.75, 3.05) is 0 Å². The molecular weight excluding hydrogens is 262 g/mol. The molecule has 0 spiro atoms. The molecular formula is C6H14O8P2. The molecule has 0 bridgehead atoms. The summed E-state index contributed by atoms with van der Waals surface area (Å²) in [5.74, 6) is -1.63. The minimum atomic E-state index is -3.90. The van der Waals surface area contributed by atoms with E-state index in [-0.39, 0.29) is 12.2 Å². The summed E-state index contributed by atoms with van der Waals surface area (Å²) in [7, 11) is -7.81.